The molecule has 1 heterocycles. The molecule has 0 unspecified atom stereocenters. The molecule has 7 nitrogen and oxygen atoms in total. The molecule has 5 rings (SSSR count). The topological polar surface area (TPSA) is 86.8 Å². The Kier molecular flexibility index (Phi) is 6.16. The second kappa shape index (κ2) is 9.25. The van der Waals surface area contributed by atoms with Gasteiger partial charge in [-0.25, -0.2) is 8.42 Å². The van der Waals surface area contributed by atoms with Gasteiger partial charge >= 0.3 is 0 Å². The largest absolute Gasteiger partial charge is 0.349 e. The molecule has 0 bridgehead atoms. The molecular weight excluding hydrogens is 450 g/mol. The van der Waals surface area contributed by atoms with Crippen molar-refractivity contribution in [1.29, 1.82) is 0 Å². The lowest BCUT2D eigenvalue weighted by molar-refractivity contribution is -0.127. The molecular formula is C26H29N3O4S. The van der Waals surface area contributed by atoms with Crippen LogP contribution in [-0.2, 0) is 21.4 Å². The van der Waals surface area contributed by atoms with Crippen molar-refractivity contribution in [3.8, 4) is 0 Å². The number of hydrogen-bond donors (Lipinski definition) is 1. The van der Waals surface area contributed by atoms with E-state index in [2.05, 4.69) is 5.32 Å². The number of anilines is 1. The summed E-state index contributed by atoms with van der Waals surface area (Å²) >= 11 is 0. The summed E-state index contributed by atoms with van der Waals surface area (Å²) in [6, 6.07) is 15.3. The monoisotopic (exact) mass is 479 g/mol. The molecule has 8 heteroatoms. The van der Waals surface area contributed by atoms with Crippen LogP contribution in [0, 0.1) is 0 Å². The fourth-order valence-corrected chi connectivity index (χ4v) is 5.74. The first-order valence-corrected chi connectivity index (χ1v) is 13.5. The second-order valence-electron chi connectivity index (χ2n) is 9.31. The molecule has 1 N–H and O–H groups in total. The zero-order valence-corrected chi connectivity index (χ0v) is 19.8. The van der Waals surface area contributed by atoms with E-state index in [-0.39, 0.29) is 23.6 Å². The number of rotatable bonds is 8. The number of benzene rings is 2. The highest BCUT2D eigenvalue weighted by Gasteiger charge is 2.32. The van der Waals surface area contributed by atoms with Crippen LogP contribution >= 0.6 is 0 Å². The van der Waals surface area contributed by atoms with E-state index in [1.165, 1.54) is 4.31 Å². The summed E-state index contributed by atoms with van der Waals surface area (Å²) in [6.07, 6.45) is 8.11. The van der Waals surface area contributed by atoms with E-state index in [4.69, 9.17) is 0 Å². The van der Waals surface area contributed by atoms with Crippen molar-refractivity contribution in [2.75, 3.05) is 16.6 Å². The Labute approximate surface area is 200 Å². The second-order valence-corrected chi connectivity index (χ2v) is 11.3. The number of hydrogen-bond acceptors (Lipinski definition) is 4. The van der Waals surface area contributed by atoms with Gasteiger partial charge in [0, 0.05) is 36.8 Å². The van der Waals surface area contributed by atoms with Crippen molar-refractivity contribution in [2.24, 2.45) is 0 Å². The Morgan fingerprint density at radius 2 is 1.71 bits per heavy atom. The maximum absolute atomic E-state index is 13.0. The average Bonchev–Trinajstić information content (AvgIpc) is 3.76. The van der Waals surface area contributed by atoms with Crippen LogP contribution in [0.4, 0.5) is 5.69 Å². The first kappa shape index (κ1) is 22.7. The van der Waals surface area contributed by atoms with Crippen molar-refractivity contribution in [1.82, 2.24) is 10.2 Å². The molecule has 2 aromatic rings. The number of nitrogens with zero attached hydrogens (tertiary/aromatic N) is 2. The maximum Gasteiger partial charge on any atom is 0.251 e. The number of nitrogens with one attached hydrogen (secondary N) is 1. The zero-order valence-electron chi connectivity index (χ0n) is 19.0. The zero-order chi connectivity index (χ0) is 23.7. The molecule has 1 saturated heterocycles. The summed E-state index contributed by atoms with van der Waals surface area (Å²) in [7, 11) is -3.20. The summed E-state index contributed by atoms with van der Waals surface area (Å²) in [5, 5.41) is 2.99. The van der Waals surface area contributed by atoms with Gasteiger partial charge in [-0.1, -0.05) is 24.3 Å². The molecule has 3 aliphatic rings. The van der Waals surface area contributed by atoms with E-state index < -0.39 is 10.0 Å². The van der Waals surface area contributed by atoms with Crippen LogP contribution in [0.5, 0.6) is 0 Å². The van der Waals surface area contributed by atoms with E-state index in [9.17, 15) is 18.0 Å². The Morgan fingerprint density at radius 3 is 2.29 bits per heavy atom. The van der Waals surface area contributed by atoms with Crippen LogP contribution in [-0.4, -0.2) is 49.5 Å². The van der Waals surface area contributed by atoms with Crippen LogP contribution in [0.1, 0.15) is 53.6 Å². The fourth-order valence-electron chi connectivity index (χ4n) is 4.17. The van der Waals surface area contributed by atoms with Crippen molar-refractivity contribution >= 4 is 33.6 Å². The van der Waals surface area contributed by atoms with Crippen molar-refractivity contribution < 1.29 is 18.0 Å². The highest BCUT2D eigenvalue weighted by Crippen LogP contribution is 2.29. The molecule has 0 atom stereocenters. The fraction of sp³-hybridized carbons (Fsp3) is 0.385. The summed E-state index contributed by atoms with van der Waals surface area (Å²) in [6.45, 7) is 1.02. The predicted molar refractivity (Wildman–Crippen MR) is 132 cm³/mol. The minimum absolute atomic E-state index is 0.0412. The average molecular weight is 480 g/mol. The number of carbonyl (C=O) groups excluding carboxylic acids is 2. The van der Waals surface area contributed by atoms with Gasteiger partial charge < -0.3 is 10.2 Å². The van der Waals surface area contributed by atoms with E-state index >= 15 is 0 Å². The first-order valence-electron chi connectivity index (χ1n) is 11.9. The molecule has 2 aliphatic carbocycles. The van der Waals surface area contributed by atoms with Gasteiger partial charge in [-0.15, -0.1) is 0 Å². The Hall–Kier alpha value is -3.13. The molecule has 3 fully saturated rings. The molecule has 2 saturated carbocycles. The number of carbonyl (C=O) groups is 2. The molecule has 2 aromatic carbocycles. The van der Waals surface area contributed by atoms with Crippen LogP contribution in [0.15, 0.2) is 54.6 Å². The maximum atomic E-state index is 13.0. The summed E-state index contributed by atoms with van der Waals surface area (Å²) in [5.74, 6) is 0.0982. The number of sulfonamides is 1. The van der Waals surface area contributed by atoms with Gasteiger partial charge in [0.05, 0.1) is 11.4 Å². The highest BCUT2D eigenvalue weighted by molar-refractivity contribution is 7.93. The summed E-state index contributed by atoms with van der Waals surface area (Å²) < 4.78 is 25.6. The number of amides is 2. The molecule has 2 amide bonds. The minimum Gasteiger partial charge on any atom is -0.349 e. The van der Waals surface area contributed by atoms with Crippen molar-refractivity contribution in [2.45, 2.75) is 50.7 Å². The lowest BCUT2D eigenvalue weighted by Crippen LogP contribution is -2.31. The van der Waals surface area contributed by atoms with Gasteiger partial charge in [-0.05, 0) is 73.6 Å². The van der Waals surface area contributed by atoms with Crippen LogP contribution < -0.4 is 9.62 Å². The lowest BCUT2D eigenvalue weighted by Gasteiger charge is -2.21. The predicted octanol–water partition coefficient (Wildman–Crippen LogP) is 3.32. The molecule has 34 heavy (non-hydrogen) atoms. The van der Waals surface area contributed by atoms with E-state index in [1.54, 1.807) is 24.3 Å². The summed E-state index contributed by atoms with van der Waals surface area (Å²) in [5.41, 5.74) is 3.14. The molecule has 0 spiro atoms. The van der Waals surface area contributed by atoms with Gasteiger partial charge in [-0.3, -0.25) is 13.9 Å². The van der Waals surface area contributed by atoms with Crippen LogP contribution in [0.3, 0.4) is 0 Å². The smallest absolute Gasteiger partial charge is 0.251 e. The Bertz CT molecular complexity index is 1200. The van der Waals surface area contributed by atoms with E-state index in [0.717, 1.165) is 36.8 Å². The van der Waals surface area contributed by atoms with Crippen LogP contribution in [0.25, 0.3) is 6.08 Å². The standard InChI is InChI=1S/C26H29N3O4S/c30-25(15-6-19-4-11-24(12-5-19)29-16-1-17-34(29,32)33)28(23-13-14-23)18-20-2-7-21(8-3-20)26(31)27-22-9-10-22/h2-8,11-12,15,22-23H,1,9-10,13-14,16-18H2,(H,27,31)/b15-6+. The SMILES string of the molecule is O=C(NC1CC1)c1ccc(CN(C(=O)/C=C/c2ccc(N3CCCS3(=O)=O)cc2)C2CC2)cc1. The van der Waals surface area contributed by atoms with Crippen molar-refractivity contribution in [3.05, 3.63) is 71.3 Å². The lowest BCUT2D eigenvalue weighted by atomic mass is 10.1. The highest BCUT2D eigenvalue weighted by atomic mass is 32.2. The quantitative estimate of drug-likeness (QED) is 0.589. The molecule has 178 valence electrons. The Balaban J connectivity index is 1.21. The molecule has 1 aliphatic heterocycles. The minimum atomic E-state index is -3.20. The van der Waals surface area contributed by atoms with E-state index in [1.807, 2.05) is 41.3 Å². The van der Waals surface area contributed by atoms with Gasteiger partial charge in [-0.2, -0.15) is 0 Å². The first-order chi connectivity index (χ1) is 16.4. The Morgan fingerprint density at radius 1 is 1.00 bits per heavy atom. The van der Waals surface area contributed by atoms with Gasteiger partial charge in [0.25, 0.3) is 5.91 Å². The molecule has 0 radical (unpaired) electrons. The van der Waals surface area contributed by atoms with Gasteiger partial charge in [0.1, 0.15) is 0 Å². The molecule has 0 aromatic heterocycles. The third-order valence-electron chi connectivity index (χ3n) is 6.45. The van der Waals surface area contributed by atoms with Gasteiger partial charge in [0.2, 0.25) is 15.9 Å². The van der Waals surface area contributed by atoms with E-state index in [0.29, 0.717) is 36.8 Å². The normalized spacial score (nSPS) is 19.4. The third-order valence-corrected chi connectivity index (χ3v) is 8.32. The third kappa shape index (κ3) is 5.33. The summed E-state index contributed by atoms with van der Waals surface area (Å²) in [4.78, 5) is 27.0. The van der Waals surface area contributed by atoms with Gasteiger partial charge in [0.15, 0.2) is 0 Å². The van der Waals surface area contributed by atoms with Crippen molar-refractivity contribution in [3.63, 3.8) is 0 Å². The van der Waals surface area contributed by atoms with Crippen LogP contribution in [0.2, 0.25) is 0 Å².